The molecule has 13 heteroatoms. The first-order valence-electron chi connectivity index (χ1n) is 19.9. The van der Waals surface area contributed by atoms with Crippen LogP contribution in [0.1, 0.15) is 63.9 Å². The van der Waals surface area contributed by atoms with Crippen molar-refractivity contribution in [1.29, 1.82) is 0 Å². The Hall–Kier alpha value is -5.33. The molecule has 0 spiro atoms. The smallest absolute Gasteiger partial charge is 0.354 e. The van der Waals surface area contributed by atoms with Crippen molar-refractivity contribution in [3.05, 3.63) is 125 Å². The summed E-state index contributed by atoms with van der Waals surface area (Å²) in [6.45, 7) is 6.08. The minimum Gasteiger partial charge on any atom is -0.477 e. The maximum atomic E-state index is 14.2. The normalized spacial score (nSPS) is 17.1. The summed E-state index contributed by atoms with van der Waals surface area (Å²) >= 11 is 0. The molecule has 2 aromatic heterocycles. The van der Waals surface area contributed by atoms with Crippen LogP contribution >= 0.6 is 0 Å². The van der Waals surface area contributed by atoms with Gasteiger partial charge in [-0.15, -0.1) is 0 Å². The fourth-order valence-electron chi connectivity index (χ4n) is 6.94. The van der Waals surface area contributed by atoms with Gasteiger partial charge >= 0.3 is 5.97 Å². The molecule has 2 aliphatic heterocycles. The summed E-state index contributed by atoms with van der Waals surface area (Å²) in [4.78, 5) is 54.3. The van der Waals surface area contributed by atoms with E-state index in [1.165, 1.54) is 6.07 Å². The molecule has 1 saturated heterocycles. The van der Waals surface area contributed by atoms with Crippen LogP contribution in [0, 0.1) is 11.8 Å². The molecule has 1 unspecified atom stereocenters. The molecular formula is C45H51N5O8. The number of aromatic carboxylic acids is 1. The Morgan fingerprint density at radius 1 is 0.690 bits per heavy atom. The van der Waals surface area contributed by atoms with Crippen molar-refractivity contribution in [2.75, 3.05) is 83.9 Å². The predicted molar refractivity (Wildman–Crippen MR) is 217 cm³/mol. The summed E-state index contributed by atoms with van der Waals surface area (Å²) in [5, 5.41) is 9.34. The number of aromatic nitrogens is 2. The minimum absolute atomic E-state index is 0.00973. The Balaban J connectivity index is 1.05. The second kappa shape index (κ2) is 22.6. The van der Waals surface area contributed by atoms with Crippen LogP contribution < -0.4 is 4.90 Å². The van der Waals surface area contributed by atoms with E-state index in [0.717, 1.165) is 22.4 Å². The van der Waals surface area contributed by atoms with Crippen LogP contribution in [0.2, 0.25) is 0 Å². The highest BCUT2D eigenvalue weighted by molar-refractivity contribution is 5.95. The van der Waals surface area contributed by atoms with E-state index < -0.39 is 12.0 Å². The fraction of sp³-hybridized carbons (Fsp3) is 0.400. The Kier molecular flexibility index (Phi) is 16.5. The molecule has 13 nitrogen and oxygen atoms in total. The number of carboxylic acid groups (broad SMARTS) is 1. The molecule has 4 heterocycles. The Morgan fingerprint density at radius 3 is 2.02 bits per heavy atom. The van der Waals surface area contributed by atoms with Crippen LogP contribution in [0.25, 0.3) is 0 Å². The van der Waals surface area contributed by atoms with Crippen LogP contribution in [0.15, 0.2) is 91.1 Å². The lowest BCUT2D eigenvalue weighted by Gasteiger charge is -2.30. The molecule has 58 heavy (non-hydrogen) atoms. The number of hydrogen-bond donors (Lipinski definition) is 1. The van der Waals surface area contributed by atoms with Crippen LogP contribution in [-0.4, -0.2) is 122 Å². The summed E-state index contributed by atoms with van der Waals surface area (Å²) < 4.78 is 23.8. The van der Waals surface area contributed by atoms with Crippen LogP contribution in [0.5, 0.6) is 0 Å². The zero-order valence-corrected chi connectivity index (χ0v) is 32.8. The molecule has 1 fully saturated rings. The van der Waals surface area contributed by atoms with Crippen molar-refractivity contribution in [1.82, 2.24) is 19.8 Å². The van der Waals surface area contributed by atoms with Gasteiger partial charge in [-0.1, -0.05) is 54.3 Å². The quantitative estimate of drug-likeness (QED) is 0.221. The summed E-state index contributed by atoms with van der Waals surface area (Å²) in [5.74, 6) is 5.35. The average molecular weight is 790 g/mol. The van der Waals surface area contributed by atoms with Gasteiger partial charge in [-0.3, -0.25) is 24.4 Å². The van der Waals surface area contributed by atoms with Gasteiger partial charge in [0.05, 0.1) is 76.5 Å². The third-order valence-electron chi connectivity index (χ3n) is 9.93. The number of Topliss-reactive ketones (excluding diaryl/α,β-unsaturated/α-hetero) is 1. The van der Waals surface area contributed by atoms with Crippen LogP contribution in [-0.2, 0) is 41.6 Å². The lowest BCUT2D eigenvalue weighted by molar-refractivity contribution is -0.125. The number of carboxylic acids is 1. The summed E-state index contributed by atoms with van der Waals surface area (Å²) in [6.07, 6.45) is 2.46. The van der Waals surface area contributed by atoms with E-state index in [4.69, 9.17) is 18.9 Å². The van der Waals surface area contributed by atoms with Gasteiger partial charge in [0.15, 0.2) is 5.78 Å². The first-order chi connectivity index (χ1) is 28.5. The van der Waals surface area contributed by atoms with E-state index in [9.17, 15) is 19.5 Å². The van der Waals surface area contributed by atoms with Crippen LogP contribution in [0.4, 0.5) is 5.69 Å². The zero-order valence-electron chi connectivity index (χ0n) is 32.8. The standard InChI is InChI=1S/C45H51N5O8/c51-42(16-8-17-43(52)50-33-37-11-2-1-9-35(37)18-19-36-10-3-4-15-41(36)50)44(39-13-5-6-20-46-39)49-23-27-57-31-29-55-25-21-48(22-26-56-30-32-58-28-24-49)34-38-12-7-14-40(47-38)45(53)54/h1-7,9-15,20,44H,8,16-17,21-34H2,(H,53,54). The van der Waals surface area contributed by atoms with Crippen LogP contribution in [0.3, 0.4) is 0 Å². The first kappa shape index (κ1) is 42.3. The van der Waals surface area contributed by atoms with E-state index in [1.807, 2.05) is 77.7 Å². The molecule has 0 saturated carbocycles. The van der Waals surface area contributed by atoms with Crippen molar-refractivity contribution < 1.29 is 38.4 Å². The molecular weight excluding hydrogens is 739 g/mol. The first-order valence-corrected chi connectivity index (χ1v) is 19.9. The number of fused-ring (bicyclic) bond motifs is 2. The molecule has 1 amide bonds. The minimum atomic E-state index is -1.06. The number of hydrogen-bond acceptors (Lipinski definition) is 11. The maximum absolute atomic E-state index is 14.2. The number of rotatable bonds is 10. The molecule has 1 atom stereocenters. The van der Waals surface area contributed by atoms with E-state index in [2.05, 4.69) is 26.7 Å². The summed E-state index contributed by atoms with van der Waals surface area (Å²) in [5.41, 5.74) is 4.74. The number of amides is 1. The van der Waals surface area contributed by atoms with Gasteiger partial charge in [0.25, 0.3) is 0 Å². The van der Waals surface area contributed by atoms with Gasteiger partial charge in [-0.05, 0) is 54.4 Å². The predicted octanol–water partition coefficient (Wildman–Crippen LogP) is 4.79. The Labute approximate surface area is 339 Å². The van der Waals surface area contributed by atoms with Crippen molar-refractivity contribution in [3.63, 3.8) is 0 Å². The SMILES string of the molecule is O=C(O)c1cccc(CN2CCOCCOCCN(C(C(=O)CCCC(=O)N3Cc4ccccc4C#Cc4ccccc43)c3ccccn3)CCOCCOCC2)n1. The van der Waals surface area contributed by atoms with E-state index in [0.29, 0.717) is 110 Å². The number of carbonyl (C=O) groups excluding carboxylic acids is 2. The third-order valence-corrected chi connectivity index (χ3v) is 9.93. The molecule has 6 rings (SSSR count). The van der Waals surface area contributed by atoms with Crippen molar-refractivity contribution in [2.24, 2.45) is 0 Å². The second-order valence-electron chi connectivity index (χ2n) is 14.0. The third kappa shape index (κ3) is 12.6. The highest BCUT2D eigenvalue weighted by Crippen LogP contribution is 2.27. The van der Waals surface area contributed by atoms with Gasteiger partial charge in [-0.25, -0.2) is 9.78 Å². The topological polar surface area (TPSA) is 144 Å². The molecule has 2 aliphatic rings. The molecule has 2 aromatic carbocycles. The molecule has 0 radical (unpaired) electrons. The lowest BCUT2D eigenvalue weighted by atomic mass is 10.00. The number of pyridine rings is 2. The molecule has 4 aromatic rings. The summed E-state index contributed by atoms with van der Waals surface area (Å²) in [6, 6.07) is 25.5. The van der Waals surface area contributed by atoms with Crippen molar-refractivity contribution in [2.45, 2.75) is 38.4 Å². The highest BCUT2D eigenvalue weighted by atomic mass is 16.5. The largest absolute Gasteiger partial charge is 0.477 e. The number of anilines is 1. The molecule has 0 bridgehead atoms. The number of ketones is 1. The van der Waals surface area contributed by atoms with E-state index in [1.54, 1.807) is 17.2 Å². The number of nitrogens with zero attached hydrogens (tertiary/aromatic N) is 5. The number of ether oxygens (including phenoxy) is 4. The van der Waals surface area contributed by atoms with Gasteiger partial charge in [0.1, 0.15) is 11.7 Å². The van der Waals surface area contributed by atoms with Gasteiger partial charge in [-0.2, -0.15) is 0 Å². The zero-order chi connectivity index (χ0) is 40.4. The Bertz CT molecular complexity index is 2000. The molecule has 1 N–H and O–H groups in total. The fourth-order valence-corrected chi connectivity index (χ4v) is 6.94. The van der Waals surface area contributed by atoms with E-state index in [-0.39, 0.29) is 30.2 Å². The maximum Gasteiger partial charge on any atom is 0.354 e. The van der Waals surface area contributed by atoms with E-state index >= 15 is 0 Å². The monoisotopic (exact) mass is 789 g/mol. The Morgan fingerprint density at radius 2 is 1.33 bits per heavy atom. The lowest BCUT2D eigenvalue weighted by Crippen LogP contribution is -2.39. The van der Waals surface area contributed by atoms with Gasteiger partial charge < -0.3 is 29.0 Å². The van der Waals surface area contributed by atoms with Gasteiger partial charge in [0.2, 0.25) is 5.91 Å². The number of para-hydroxylation sites is 1. The van der Waals surface area contributed by atoms with Crippen molar-refractivity contribution >= 4 is 23.3 Å². The number of benzene rings is 2. The number of carbonyl (C=O) groups is 3. The summed E-state index contributed by atoms with van der Waals surface area (Å²) in [7, 11) is 0. The van der Waals surface area contributed by atoms with Crippen molar-refractivity contribution in [3.8, 4) is 11.8 Å². The van der Waals surface area contributed by atoms with Gasteiger partial charge in [0, 0.05) is 62.9 Å². The molecule has 304 valence electrons. The average Bonchev–Trinajstić information content (AvgIpc) is 3.23. The highest BCUT2D eigenvalue weighted by Gasteiger charge is 2.29. The molecule has 0 aliphatic carbocycles. The second-order valence-corrected chi connectivity index (χ2v) is 14.0.